The number of hydrogen-bond acceptors (Lipinski definition) is 7. The van der Waals surface area contributed by atoms with Crippen molar-refractivity contribution in [3.63, 3.8) is 0 Å². The van der Waals surface area contributed by atoms with E-state index in [0.717, 1.165) is 37.5 Å². The molecule has 1 aliphatic heterocycles. The fraction of sp³-hybridized carbons (Fsp3) is 0.318. The first kappa shape index (κ1) is 19.0. The molecule has 4 rings (SSSR count). The Morgan fingerprint density at radius 3 is 2.48 bits per heavy atom. The topological polar surface area (TPSA) is 75.2 Å². The van der Waals surface area contributed by atoms with Gasteiger partial charge < -0.3 is 20.3 Å². The number of benzene rings is 2. The highest BCUT2D eigenvalue weighted by atomic mass is 16.5. The molecule has 1 aromatic heterocycles. The molecule has 0 atom stereocenters. The van der Waals surface area contributed by atoms with E-state index in [1.807, 2.05) is 12.1 Å². The molecule has 1 saturated heterocycles. The second-order valence-electron chi connectivity index (χ2n) is 7.06. The number of methoxy groups -OCH3 is 1. The van der Waals surface area contributed by atoms with Crippen molar-refractivity contribution >= 4 is 23.1 Å². The fourth-order valence-corrected chi connectivity index (χ4v) is 3.43. The van der Waals surface area contributed by atoms with Gasteiger partial charge >= 0.3 is 0 Å². The second-order valence-corrected chi connectivity index (χ2v) is 7.06. The number of rotatable bonds is 8. The van der Waals surface area contributed by atoms with Crippen molar-refractivity contribution in [1.82, 2.24) is 15.2 Å². The molecule has 0 spiro atoms. The van der Waals surface area contributed by atoms with Gasteiger partial charge in [0.2, 0.25) is 5.95 Å². The second kappa shape index (κ2) is 9.23. The maximum atomic E-state index is 5.19. The van der Waals surface area contributed by atoms with Crippen LogP contribution < -0.4 is 20.3 Å². The highest BCUT2D eigenvalue weighted by Gasteiger charge is 2.12. The van der Waals surface area contributed by atoms with Crippen LogP contribution in [0.5, 0.6) is 5.75 Å². The first-order chi connectivity index (χ1) is 14.3. The van der Waals surface area contributed by atoms with Gasteiger partial charge in [0.15, 0.2) is 5.82 Å². The summed E-state index contributed by atoms with van der Waals surface area (Å²) >= 11 is 0. The van der Waals surface area contributed by atoms with Crippen LogP contribution in [0.4, 0.5) is 23.1 Å². The Hall–Kier alpha value is -3.35. The summed E-state index contributed by atoms with van der Waals surface area (Å²) in [5.41, 5.74) is 3.45. The van der Waals surface area contributed by atoms with Gasteiger partial charge in [-0.2, -0.15) is 10.1 Å². The van der Waals surface area contributed by atoms with Crippen LogP contribution in [0.1, 0.15) is 18.4 Å². The van der Waals surface area contributed by atoms with Gasteiger partial charge in [-0.05, 0) is 61.2 Å². The zero-order chi connectivity index (χ0) is 19.9. The number of aromatic nitrogens is 3. The third-order valence-corrected chi connectivity index (χ3v) is 5.03. The Bertz CT molecular complexity index is 907. The summed E-state index contributed by atoms with van der Waals surface area (Å²) in [4.78, 5) is 6.91. The average Bonchev–Trinajstić information content (AvgIpc) is 3.30. The standard InChI is InChI=1S/C22H26N6O/c1-29-20-10-4-17(5-11-20)12-13-23-21-16-24-27-22(26-21)25-18-6-8-19(9-7-18)28-14-2-3-15-28/h4-11,16H,2-3,12-15H2,1H3,(H2,23,25,26,27). The summed E-state index contributed by atoms with van der Waals surface area (Å²) in [5, 5.41) is 14.7. The molecule has 150 valence electrons. The molecule has 1 fully saturated rings. The van der Waals surface area contributed by atoms with Gasteiger partial charge in [-0.1, -0.05) is 12.1 Å². The van der Waals surface area contributed by atoms with Crippen LogP contribution in [0, 0.1) is 0 Å². The van der Waals surface area contributed by atoms with Gasteiger partial charge in [0.25, 0.3) is 0 Å². The van der Waals surface area contributed by atoms with Gasteiger partial charge in [-0.15, -0.1) is 5.10 Å². The van der Waals surface area contributed by atoms with Crippen molar-refractivity contribution in [2.45, 2.75) is 19.3 Å². The van der Waals surface area contributed by atoms with Crippen molar-refractivity contribution in [3.05, 3.63) is 60.3 Å². The SMILES string of the molecule is COc1ccc(CCNc2cnnc(Nc3ccc(N4CCCC4)cc3)n2)cc1. The molecule has 0 aliphatic carbocycles. The first-order valence-corrected chi connectivity index (χ1v) is 9.99. The lowest BCUT2D eigenvalue weighted by Gasteiger charge is -2.17. The zero-order valence-corrected chi connectivity index (χ0v) is 16.6. The van der Waals surface area contributed by atoms with E-state index >= 15 is 0 Å². The Balaban J connectivity index is 1.30. The minimum atomic E-state index is 0.480. The number of hydrogen-bond donors (Lipinski definition) is 2. The molecular formula is C22H26N6O. The molecule has 0 saturated carbocycles. The van der Waals surface area contributed by atoms with Gasteiger partial charge in [-0.25, -0.2) is 0 Å². The Kier molecular flexibility index (Phi) is 6.04. The van der Waals surface area contributed by atoms with Crippen LogP contribution >= 0.6 is 0 Å². The molecule has 2 aromatic carbocycles. The minimum absolute atomic E-state index is 0.480. The summed E-state index contributed by atoms with van der Waals surface area (Å²) < 4.78 is 5.19. The molecule has 2 N–H and O–H groups in total. The van der Waals surface area contributed by atoms with Crippen molar-refractivity contribution < 1.29 is 4.74 Å². The molecule has 3 aromatic rings. The summed E-state index contributed by atoms with van der Waals surface area (Å²) in [6, 6.07) is 16.5. The molecule has 0 bridgehead atoms. The summed E-state index contributed by atoms with van der Waals surface area (Å²) in [6.07, 6.45) is 5.07. The predicted molar refractivity (Wildman–Crippen MR) is 116 cm³/mol. The average molecular weight is 390 g/mol. The van der Waals surface area contributed by atoms with Gasteiger partial charge in [0.05, 0.1) is 13.3 Å². The molecule has 7 heteroatoms. The molecule has 0 radical (unpaired) electrons. The van der Waals surface area contributed by atoms with E-state index < -0.39 is 0 Å². The normalized spacial score (nSPS) is 13.3. The van der Waals surface area contributed by atoms with E-state index in [4.69, 9.17) is 4.74 Å². The van der Waals surface area contributed by atoms with Crippen LogP contribution in [0.25, 0.3) is 0 Å². The van der Waals surface area contributed by atoms with Gasteiger partial charge in [0, 0.05) is 31.0 Å². The van der Waals surface area contributed by atoms with Crippen LogP contribution in [-0.2, 0) is 6.42 Å². The van der Waals surface area contributed by atoms with Crippen molar-refractivity contribution in [2.75, 3.05) is 42.3 Å². The smallest absolute Gasteiger partial charge is 0.249 e. The van der Waals surface area contributed by atoms with Gasteiger partial charge in [0.1, 0.15) is 5.75 Å². The Morgan fingerprint density at radius 1 is 1.00 bits per heavy atom. The van der Waals surface area contributed by atoms with Crippen LogP contribution in [0.15, 0.2) is 54.7 Å². The molecule has 29 heavy (non-hydrogen) atoms. The molecular weight excluding hydrogens is 364 g/mol. The summed E-state index contributed by atoms with van der Waals surface area (Å²) in [7, 11) is 1.67. The zero-order valence-electron chi connectivity index (χ0n) is 16.6. The van der Waals surface area contributed by atoms with Crippen molar-refractivity contribution in [3.8, 4) is 5.75 Å². The van der Waals surface area contributed by atoms with E-state index in [-0.39, 0.29) is 0 Å². The van der Waals surface area contributed by atoms with E-state index in [1.165, 1.54) is 24.1 Å². The van der Waals surface area contributed by atoms with Gasteiger partial charge in [-0.3, -0.25) is 0 Å². The molecule has 2 heterocycles. The van der Waals surface area contributed by atoms with Crippen molar-refractivity contribution in [1.29, 1.82) is 0 Å². The lowest BCUT2D eigenvalue weighted by Crippen LogP contribution is -2.17. The molecule has 7 nitrogen and oxygen atoms in total. The highest BCUT2D eigenvalue weighted by Crippen LogP contribution is 2.23. The maximum absolute atomic E-state index is 5.19. The number of nitrogens with one attached hydrogen (secondary N) is 2. The minimum Gasteiger partial charge on any atom is -0.497 e. The number of ether oxygens (including phenoxy) is 1. The van der Waals surface area contributed by atoms with Crippen LogP contribution in [0.3, 0.4) is 0 Å². The quantitative estimate of drug-likeness (QED) is 0.604. The Morgan fingerprint density at radius 2 is 1.76 bits per heavy atom. The Labute approximate surface area is 171 Å². The monoisotopic (exact) mass is 390 g/mol. The fourth-order valence-electron chi connectivity index (χ4n) is 3.43. The summed E-state index contributed by atoms with van der Waals surface area (Å²) in [5.74, 6) is 2.05. The largest absolute Gasteiger partial charge is 0.497 e. The van der Waals surface area contributed by atoms with Crippen LogP contribution in [-0.4, -0.2) is 41.9 Å². The molecule has 0 amide bonds. The third-order valence-electron chi connectivity index (χ3n) is 5.03. The number of nitrogens with zero attached hydrogens (tertiary/aromatic N) is 4. The molecule has 1 aliphatic rings. The third kappa shape index (κ3) is 5.13. The maximum Gasteiger partial charge on any atom is 0.249 e. The van der Waals surface area contributed by atoms with E-state index in [0.29, 0.717) is 11.8 Å². The lowest BCUT2D eigenvalue weighted by molar-refractivity contribution is 0.414. The summed E-state index contributed by atoms with van der Waals surface area (Å²) in [6.45, 7) is 3.04. The van der Waals surface area contributed by atoms with Crippen molar-refractivity contribution in [2.24, 2.45) is 0 Å². The van der Waals surface area contributed by atoms with E-state index in [2.05, 4.69) is 67.1 Å². The first-order valence-electron chi connectivity index (χ1n) is 9.99. The number of anilines is 4. The predicted octanol–water partition coefficient (Wildman–Crippen LogP) is 3.88. The van der Waals surface area contributed by atoms with E-state index in [1.54, 1.807) is 13.3 Å². The lowest BCUT2D eigenvalue weighted by atomic mass is 10.1. The molecule has 0 unspecified atom stereocenters. The van der Waals surface area contributed by atoms with Crippen LogP contribution in [0.2, 0.25) is 0 Å². The van der Waals surface area contributed by atoms with E-state index in [9.17, 15) is 0 Å². The highest BCUT2D eigenvalue weighted by molar-refractivity contribution is 5.59.